The van der Waals surface area contributed by atoms with E-state index in [0.717, 1.165) is 11.3 Å². The Kier molecular flexibility index (Phi) is 4.93. The molecule has 0 aliphatic heterocycles. The van der Waals surface area contributed by atoms with Crippen molar-refractivity contribution in [2.24, 2.45) is 0 Å². The van der Waals surface area contributed by atoms with E-state index in [-0.39, 0.29) is 6.09 Å². The Balaban J connectivity index is 2.24. The zero-order valence-corrected chi connectivity index (χ0v) is 8.84. The molecule has 1 aromatic carbocycles. The molecule has 0 heterocycles. The van der Waals surface area contributed by atoms with Crippen molar-refractivity contribution >= 4 is 18.0 Å². The number of carbonyl (C=O) groups excluding carboxylic acids is 1. The highest BCUT2D eigenvalue weighted by atomic mass is 32.2. The molecule has 0 aliphatic carbocycles. The van der Waals surface area contributed by atoms with E-state index in [4.69, 9.17) is 4.74 Å². The third kappa shape index (κ3) is 4.18. The Morgan fingerprint density at radius 3 is 2.79 bits per heavy atom. The number of ether oxygens (including phenoxy) is 1. The van der Waals surface area contributed by atoms with Gasteiger partial charge in [-0.1, -0.05) is 37.3 Å². The quantitative estimate of drug-likeness (QED) is 0.778. The maximum absolute atomic E-state index is 11.0. The minimum Gasteiger partial charge on any atom is -0.444 e. The van der Waals surface area contributed by atoms with Crippen LogP contribution in [0.15, 0.2) is 30.3 Å². The van der Waals surface area contributed by atoms with Gasteiger partial charge in [-0.25, -0.2) is 4.79 Å². The van der Waals surface area contributed by atoms with Gasteiger partial charge in [-0.2, -0.15) is 0 Å². The molecule has 0 bridgehead atoms. The zero-order valence-electron chi connectivity index (χ0n) is 8.03. The molecule has 0 radical (unpaired) electrons. The molecule has 0 unspecified atom stereocenters. The molecule has 1 rings (SSSR count). The van der Waals surface area contributed by atoms with E-state index in [0.29, 0.717) is 6.61 Å². The van der Waals surface area contributed by atoms with Gasteiger partial charge in [-0.15, -0.1) is 0 Å². The second-order valence-electron chi connectivity index (χ2n) is 2.60. The summed E-state index contributed by atoms with van der Waals surface area (Å²) in [5.74, 6) is 0.834. The van der Waals surface area contributed by atoms with Gasteiger partial charge in [0.1, 0.15) is 6.61 Å². The fourth-order valence-electron chi connectivity index (χ4n) is 0.884. The highest BCUT2D eigenvalue weighted by molar-refractivity contribution is 7.97. The molecule has 1 aromatic rings. The SMILES string of the molecule is CCSNC(=O)OCc1ccccc1. The molecule has 1 amide bonds. The van der Waals surface area contributed by atoms with Gasteiger partial charge in [0.05, 0.1) is 0 Å². The maximum Gasteiger partial charge on any atom is 0.417 e. The second-order valence-corrected chi connectivity index (χ2v) is 3.67. The lowest BCUT2D eigenvalue weighted by molar-refractivity contribution is 0.147. The first kappa shape index (κ1) is 10.9. The Morgan fingerprint density at radius 2 is 2.14 bits per heavy atom. The summed E-state index contributed by atoms with van der Waals surface area (Å²) in [5.41, 5.74) is 0.990. The Morgan fingerprint density at radius 1 is 1.43 bits per heavy atom. The average molecular weight is 211 g/mol. The van der Waals surface area contributed by atoms with E-state index >= 15 is 0 Å². The number of rotatable bonds is 4. The summed E-state index contributed by atoms with van der Waals surface area (Å²) in [5, 5.41) is 0. The number of amides is 1. The van der Waals surface area contributed by atoms with Crippen molar-refractivity contribution < 1.29 is 9.53 Å². The first-order valence-electron chi connectivity index (χ1n) is 4.41. The molecule has 0 fully saturated rings. The summed E-state index contributed by atoms with van der Waals surface area (Å²) in [7, 11) is 0. The van der Waals surface area contributed by atoms with E-state index in [2.05, 4.69) is 4.72 Å². The van der Waals surface area contributed by atoms with Crippen molar-refractivity contribution in [2.75, 3.05) is 5.75 Å². The zero-order chi connectivity index (χ0) is 10.2. The molecule has 76 valence electrons. The Labute approximate surface area is 88.0 Å². The van der Waals surface area contributed by atoms with Gasteiger partial charge in [0, 0.05) is 5.75 Å². The summed E-state index contributed by atoms with van der Waals surface area (Å²) in [6.45, 7) is 2.28. The molecule has 1 N–H and O–H groups in total. The summed E-state index contributed by atoms with van der Waals surface area (Å²) in [6.07, 6.45) is -0.388. The van der Waals surface area contributed by atoms with Crippen LogP contribution >= 0.6 is 11.9 Å². The number of benzene rings is 1. The molecular weight excluding hydrogens is 198 g/mol. The number of hydrogen-bond donors (Lipinski definition) is 1. The van der Waals surface area contributed by atoms with Gasteiger partial charge >= 0.3 is 6.09 Å². The molecule has 0 aromatic heterocycles. The number of carbonyl (C=O) groups is 1. The van der Waals surface area contributed by atoms with Crippen LogP contribution in [0.3, 0.4) is 0 Å². The van der Waals surface area contributed by atoms with E-state index in [9.17, 15) is 4.79 Å². The third-order valence-corrected chi connectivity index (χ3v) is 2.11. The van der Waals surface area contributed by atoms with Crippen LogP contribution in [0.5, 0.6) is 0 Å². The molecule has 0 aliphatic rings. The van der Waals surface area contributed by atoms with Crippen LogP contribution in [0.4, 0.5) is 4.79 Å². The molecule has 0 saturated carbocycles. The minimum absolute atomic E-state index is 0.316. The molecule has 4 heteroatoms. The van der Waals surface area contributed by atoms with E-state index in [1.807, 2.05) is 37.3 Å². The molecule has 0 atom stereocenters. The second kappa shape index (κ2) is 6.32. The van der Waals surface area contributed by atoms with Crippen molar-refractivity contribution in [1.82, 2.24) is 4.72 Å². The summed E-state index contributed by atoms with van der Waals surface area (Å²) in [6, 6.07) is 9.59. The lowest BCUT2D eigenvalue weighted by Gasteiger charge is -2.04. The van der Waals surface area contributed by atoms with Crippen LogP contribution in [0, 0.1) is 0 Å². The molecule has 0 spiro atoms. The van der Waals surface area contributed by atoms with Gasteiger partial charge in [0.25, 0.3) is 0 Å². The first-order chi connectivity index (χ1) is 6.83. The lowest BCUT2D eigenvalue weighted by Crippen LogP contribution is -2.17. The average Bonchev–Trinajstić information content (AvgIpc) is 2.25. The number of hydrogen-bond acceptors (Lipinski definition) is 3. The van der Waals surface area contributed by atoms with Crippen LogP contribution in [0.1, 0.15) is 12.5 Å². The van der Waals surface area contributed by atoms with Crippen molar-refractivity contribution in [3.05, 3.63) is 35.9 Å². The van der Waals surface area contributed by atoms with Crippen molar-refractivity contribution in [2.45, 2.75) is 13.5 Å². The lowest BCUT2D eigenvalue weighted by atomic mass is 10.2. The van der Waals surface area contributed by atoms with Crippen LogP contribution in [0.25, 0.3) is 0 Å². The van der Waals surface area contributed by atoms with E-state index < -0.39 is 0 Å². The highest BCUT2D eigenvalue weighted by Crippen LogP contribution is 2.01. The molecule has 0 saturated heterocycles. The standard InChI is InChI=1S/C10H13NO2S/c1-2-14-11-10(12)13-8-9-6-4-3-5-7-9/h3-7H,2,8H2,1H3,(H,11,12). The van der Waals surface area contributed by atoms with Crippen LogP contribution < -0.4 is 4.72 Å². The molecular formula is C10H13NO2S. The number of nitrogens with one attached hydrogen (secondary N) is 1. The summed E-state index contributed by atoms with van der Waals surface area (Å²) in [4.78, 5) is 11.0. The minimum atomic E-state index is -0.388. The normalized spacial score (nSPS) is 9.50. The molecule has 14 heavy (non-hydrogen) atoms. The van der Waals surface area contributed by atoms with Gasteiger partial charge in [0.15, 0.2) is 0 Å². The van der Waals surface area contributed by atoms with Crippen molar-refractivity contribution in [1.29, 1.82) is 0 Å². The van der Waals surface area contributed by atoms with Crippen LogP contribution in [-0.2, 0) is 11.3 Å². The fraction of sp³-hybridized carbons (Fsp3) is 0.300. The topological polar surface area (TPSA) is 38.3 Å². The predicted octanol–water partition coefficient (Wildman–Crippen LogP) is 2.58. The summed E-state index contributed by atoms with van der Waals surface area (Å²) < 4.78 is 7.52. The maximum atomic E-state index is 11.0. The Hall–Kier alpha value is -1.16. The van der Waals surface area contributed by atoms with E-state index in [1.165, 1.54) is 11.9 Å². The monoisotopic (exact) mass is 211 g/mol. The summed E-state index contributed by atoms with van der Waals surface area (Å²) >= 11 is 1.33. The van der Waals surface area contributed by atoms with Gasteiger partial charge in [-0.05, 0) is 17.5 Å². The van der Waals surface area contributed by atoms with Crippen LogP contribution in [-0.4, -0.2) is 11.8 Å². The van der Waals surface area contributed by atoms with Gasteiger partial charge < -0.3 is 4.74 Å². The fourth-order valence-corrected chi connectivity index (χ4v) is 1.20. The van der Waals surface area contributed by atoms with E-state index in [1.54, 1.807) is 0 Å². The van der Waals surface area contributed by atoms with Crippen molar-refractivity contribution in [3.8, 4) is 0 Å². The third-order valence-electron chi connectivity index (χ3n) is 1.51. The van der Waals surface area contributed by atoms with Gasteiger partial charge in [0.2, 0.25) is 0 Å². The van der Waals surface area contributed by atoms with Crippen molar-refractivity contribution in [3.63, 3.8) is 0 Å². The van der Waals surface area contributed by atoms with Gasteiger partial charge in [-0.3, -0.25) is 4.72 Å². The largest absolute Gasteiger partial charge is 0.444 e. The van der Waals surface area contributed by atoms with Crippen LogP contribution in [0.2, 0.25) is 0 Å². The molecule has 3 nitrogen and oxygen atoms in total. The smallest absolute Gasteiger partial charge is 0.417 e. The first-order valence-corrected chi connectivity index (χ1v) is 5.40. The predicted molar refractivity (Wildman–Crippen MR) is 57.9 cm³/mol. The highest BCUT2D eigenvalue weighted by Gasteiger charge is 2.00. The Bertz CT molecular complexity index is 277.